The van der Waals surface area contributed by atoms with Crippen LogP contribution in [0.3, 0.4) is 0 Å². The summed E-state index contributed by atoms with van der Waals surface area (Å²) >= 11 is 0. The Morgan fingerprint density at radius 3 is 2.40 bits per heavy atom. The zero-order chi connectivity index (χ0) is 29.3. The van der Waals surface area contributed by atoms with Crippen molar-refractivity contribution in [1.29, 1.82) is 0 Å². The fraction of sp³-hybridized carbons (Fsp3) is 0.548. The molecular formula is C31H46N6O3. The number of likely N-dealkylation sites (N-methyl/N-ethyl adjacent to an activating group) is 1. The molecule has 4 N–H and O–H groups in total. The van der Waals surface area contributed by atoms with Gasteiger partial charge in [-0.15, -0.1) is 0 Å². The van der Waals surface area contributed by atoms with Gasteiger partial charge in [0, 0.05) is 38.1 Å². The summed E-state index contributed by atoms with van der Waals surface area (Å²) in [5, 5.41) is 5.91. The molecule has 4 atom stereocenters. The van der Waals surface area contributed by atoms with Crippen molar-refractivity contribution < 1.29 is 14.4 Å². The number of pyridine rings is 1. The third kappa shape index (κ3) is 8.60. The topological polar surface area (TPSA) is 121 Å². The Kier molecular flexibility index (Phi) is 11.2. The molecule has 9 heteroatoms. The standard InChI is InChI=1S/C31H46N6O3/c1-22(33-5)28(38)35-27(31(2,3)4)30(40)37-18-9-12-25(37)21-36(19-15-23-10-7-6-8-11-23)29(39)26(32)20-24-13-16-34-17-14-24/h6-8,10-11,13-14,16-17,22,25-27,33H,9,12,15,18-21,32H2,1-5H3,(H,35,38)/t22-,25-,26+,27+/m0/s1. The van der Waals surface area contributed by atoms with Crippen LogP contribution in [0.5, 0.6) is 0 Å². The molecule has 218 valence electrons. The normalized spacial score (nSPS) is 17.6. The van der Waals surface area contributed by atoms with Crippen LogP contribution in [0, 0.1) is 5.41 Å². The third-order valence-electron chi connectivity index (χ3n) is 7.66. The van der Waals surface area contributed by atoms with Gasteiger partial charge >= 0.3 is 0 Å². The number of benzene rings is 1. The highest BCUT2D eigenvalue weighted by Crippen LogP contribution is 2.26. The van der Waals surface area contributed by atoms with Gasteiger partial charge in [-0.1, -0.05) is 51.1 Å². The van der Waals surface area contributed by atoms with Gasteiger partial charge < -0.3 is 26.2 Å². The first-order valence-electron chi connectivity index (χ1n) is 14.3. The van der Waals surface area contributed by atoms with Crippen molar-refractivity contribution >= 4 is 17.7 Å². The Labute approximate surface area is 238 Å². The molecule has 0 saturated carbocycles. The van der Waals surface area contributed by atoms with Crippen LogP contribution in [0.15, 0.2) is 54.9 Å². The molecule has 2 aromatic rings. The molecule has 9 nitrogen and oxygen atoms in total. The Morgan fingerprint density at radius 1 is 1.10 bits per heavy atom. The van der Waals surface area contributed by atoms with Gasteiger partial charge in [0.25, 0.3) is 0 Å². The van der Waals surface area contributed by atoms with Crippen LogP contribution in [0.1, 0.15) is 51.7 Å². The molecule has 1 aromatic heterocycles. The van der Waals surface area contributed by atoms with Crippen molar-refractivity contribution in [3.63, 3.8) is 0 Å². The van der Waals surface area contributed by atoms with E-state index in [1.165, 1.54) is 0 Å². The molecule has 0 unspecified atom stereocenters. The molecule has 1 aliphatic heterocycles. The lowest BCUT2D eigenvalue weighted by atomic mass is 9.85. The second kappa shape index (κ2) is 14.4. The van der Waals surface area contributed by atoms with Crippen molar-refractivity contribution in [2.75, 3.05) is 26.7 Å². The second-order valence-corrected chi connectivity index (χ2v) is 11.8. The van der Waals surface area contributed by atoms with Crippen LogP contribution in [0.2, 0.25) is 0 Å². The predicted molar refractivity (Wildman–Crippen MR) is 157 cm³/mol. The molecule has 0 bridgehead atoms. The molecule has 3 rings (SSSR count). The molecule has 1 aromatic carbocycles. The van der Waals surface area contributed by atoms with Crippen molar-refractivity contribution in [3.8, 4) is 0 Å². The third-order valence-corrected chi connectivity index (χ3v) is 7.66. The van der Waals surface area contributed by atoms with Gasteiger partial charge in [-0.05, 0) is 68.3 Å². The summed E-state index contributed by atoms with van der Waals surface area (Å²) in [5.41, 5.74) is 8.05. The minimum Gasteiger partial charge on any atom is -0.342 e. The van der Waals surface area contributed by atoms with Gasteiger partial charge in [0.15, 0.2) is 0 Å². The van der Waals surface area contributed by atoms with E-state index in [-0.39, 0.29) is 23.8 Å². The molecule has 40 heavy (non-hydrogen) atoms. The monoisotopic (exact) mass is 550 g/mol. The average Bonchev–Trinajstić information content (AvgIpc) is 3.41. The highest BCUT2D eigenvalue weighted by Gasteiger charge is 2.41. The zero-order valence-electron chi connectivity index (χ0n) is 24.6. The minimum absolute atomic E-state index is 0.108. The molecule has 3 amide bonds. The number of rotatable bonds is 12. The van der Waals surface area contributed by atoms with Crippen LogP contribution in [0.4, 0.5) is 0 Å². The molecule has 0 spiro atoms. The molecule has 0 aliphatic carbocycles. The lowest BCUT2D eigenvalue weighted by Crippen LogP contribution is -2.59. The minimum atomic E-state index is -0.701. The number of nitrogens with one attached hydrogen (secondary N) is 2. The summed E-state index contributed by atoms with van der Waals surface area (Å²) in [5.74, 6) is -0.452. The second-order valence-electron chi connectivity index (χ2n) is 11.8. The highest BCUT2D eigenvalue weighted by atomic mass is 16.2. The van der Waals surface area contributed by atoms with Gasteiger partial charge in [0.05, 0.1) is 12.1 Å². The van der Waals surface area contributed by atoms with E-state index in [1.807, 2.05) is 73.0 Å². The number of likely N-dealkylation sites (tertiary alicyclic amines) is 1. The predicted octanol–water partition coefficient (Wildman–Crippen LogP) is 2.15. The first-order valence-corrected chi connectivity index (χ1v) is 14.3. The lowest BCUT2D eigenvalue weighted by molar-refractivity contribution is -0.142. The van der Waals surface area contributed by atoms with E-state index in [0.29, 0.717) is 32.5 Å². The Bertz CT molecular complexity index is 1110. The average molecular weight is 551 g/mol. The Balaban J connectivity index is 1.78. The van der Waals surface area contributed by atoms with Crippen molar-refractivity contribution in [2.45, 2.75) is 77.5 Å². The fourth-order valence-electron chi connectivity index (χ4n) is 5.08. The van der Waals surface area contributed by atoms with Gasteiger partial charge in [-0.3, -0.25) is 19.4 Å². The van der Waals surface area contributed by atoms with E-state index in [1.54, 1.807) is 26.4 Å². The number of carbonyl (C=O) groups is 3. The van der Waals surface area contributed by atoms with Gasteiger partial charge in [0.2, 0.25) is 17.7 Å². The van der Waals surface area contributed by atoms with Crippen molar-refractivity contribution in [1.82, 2.24) is 25.4 Å². The van der Waals surface area contributed by atoms with E-state index in [2.05, 4.69) is 15.6 Å². The number of carbonyl (C=O) groups excluding carboxylic acids is 3. The van der Waals surface area contributed by atoms with E-state index in [4.69, 9.17) is 5.73 Å². The smallest absolute Gasteiger partial charge is 0.246 e. The summed E-state index contributed by atoms with van der Waals surface area (Å²) in [6.45, 7) is 9.14. The van der Waals surface area contributed by atoms with Crippen LogP contribution in [0.25, 0.3) is 0 Å². The van der Waals surface area contributed by atoms with E-state index in [0.717, 1.165) is 24.0 Å². The summed E-state index contributed by atoms with van der Waals surface area (Å²) in [6.07, 6.45) is 6.14. The number of hydrogen-bond donors (Lipinski definition) is 3. The van der Waals surface area contributed by atoms with E-state index >= 15 is 0 Å². The molecule has 1 fully saturated rings. The molecule has 1 saturated heterocycles. The zero-order valence-corrected chi connectivity index (χ0v) is 24.6. The van der Waals surface area contributed by atoms with E-state index < -0.39 is 23.5 Å². The van der Waals surface area contributed by atoms with Crippen LogP contribution in [-0.2, 0) is 27.2 Å². The van der Waals surface area contributed by atoms with Gasteiger partial charge in [-0.2, -0.15) is 0 Å². The van der Waals surface area contributed by atoms with Gasteiger partial charge in [-0.25, -0.2) is 0 Å². The number of nitrogens with zero attached hydrogens (tertiary/aromatic N) is 3. The summed E-state index contributed by atoms with van der Waals surface area (Å²) < 4.78 is 0. The maximum absolute atomic E-state index is 13.9. The maximum Gasteiger partial charge on any atom is 0.246 e. The van der Waals surface area contributed by atoms with Crippen LogP contribution >= 0.6 is 0 Å². The molecule has 2 heterocycles. The number of nitrogens with two attached hydrogens (primary N) is 1. The quantitative estimate of drug-likeness (QED) is 0.373. The van der Waals surface area contributed by atoms with Crippen molar-refractivity contribution in [2.24, 2.45) is 11.1 Å². The first-order chi connectivity index (χ1) is 19.0. The number of hydrogen-bond acceptors (Lipinski definition) is 6. The fourth-order valence-corrected chi connectivity index (χ4v) is 5.08. The van der Waals surface area contributed by atoms with Crippen LogP contribution < -0.4 is 16.4 Å². The largest absolute Gasteiger partial charge is 0.342 e. The molecular weight excluding hydrogens is 504 g/mol. The highest BCUT2D eigenvalue weighted by molar-refractivity contribution is 5.90. The van der Waals surface area contributed by atoms with E-state index in [9.17, 15) is 14.4 Å². The number of aromatic nitrogens is 1. The maximum atomic E-state index is 13.9. The Morgan fingerprint density at radius 2 is 1.77 bits per heavy atom. The summed E-state index contributed by atoms with van der Waals surface area (Å²) in [7, 11) is 1.72. The summed E-state index contributed by atoms with van der Waals surface area (Å²) in [4.78, 5) is 48.1. The number of amides is 3. The lowest BCUT2D eigenvalue weighted by Gasteiger charge is -2.38. The van der Waals surface area contributed by atoms with Gasteiger partial charge in [0.1, 0.15) is 6.04 Å². The Hall–Kier alpha value is -3.30. The molecule has 1 aliphatic rings. The summed E-state index contributed by atoms with van der Waals surface area (Å²) in [6, 6.07) is 11.8. The first kappa shape index (κ1) is 31.2. The van der Waals surface area contributed by atoms with Crippen LogP contribution in [-0.4, -0.2) is 83.4 Å². The molecule has 0 radical (unpaired) electrons. The SMILES string of the molecule is CN[C@@H](C)C(=O)N[C@H](C(=O)N1CCC[C@H]1CN(CCc1ccccc1)C(=O)[C@H](N)Cc1ccncc1)C(C)(C)C. The van der Waals surface area contributed by atoms with Crippen molar-refractivity contribution in [3.05, 3.63) is 66.0 Å².